The number of hydrogen-bond donors (Lipinski definition) is 0. The number of carbonyl (C=O) groups is 1. The molecular weight excluding hydrogens is 400 g/mol. The summed E-state index contributed by atoms with van der Waals surface area (Å²) in [5.41, 5.74) is 1.85. The molecule has 0 aliphatic heterocycles. The average molecular weight is 439 g/mol. The van der Waals surface area contributed by atoms with E-state index in [1.54, 1.807) is 18.2 Å². The van der Waals surface area contributed by atoms with E-state index >= 15 is 0 Å². The van der Waals surface area contributed by atoms with Crippen molar-refractivity contribution in [3.05, 3.63) is 59.2 Å². The largest absolute Gasteiger partial charge is 0.494 e. The minimum Gasteiger partial charge on any atom is -0.494 e. The molecule has 0 saturated heterocycles. The number of ketones is 1. The van der Waals surface area contributed by atoms with E-state index in [2.05, 4.69) is 6.92 Å². The average Bonchev–Trinajstić information content (AvgIpc) is 2.67. The van der Waals surface area contributed by atoms with Gasteiger partial charge >= 0.3 is 0 Å². The Morgan fingerprint density at radius 1 is 0.875 bits per heavy atom. The number of allylic oxidation sites excluding steroid dienone is 1. The molecular formula is C28H38O4. The summed E-state index contributed by atoms with van der Waals surface area (Å²) in [6.07, 6.45) is 5.24. The van der Waals surface area contributed by atoms with Crippen molar-refractivity contribution in [2.24, 2.45) is 0 Å². The molecule has 0 radical (unpaired) electrons. The first-order chi connectivity index (χ1) is 14.9. The Kier molecular flexibility index (Phi) is 8.54. The van der Waals surface area contributed by atoms with Crippen LogP contribution < -0.4 is 14.2 Å². The number of rotatable bonds is 9. The third-order valence-electron chi connectivity index (χ3n) is 4.40. The maximum absolute atomic E-state index is 12.7. The Morgan fingerprint density at radius 3 is 1.84 bits per heavy atom. The van der Waals surface area contributed by atoms with E-state index in [9.17, 15) is 4.79 Å². The summed E-state index contributed by atoms with van der Waals surface area (Å²) in [6, 6.07) is 11.2. The van der Waals surface area contributed by atoms with Crippen molar-refractivity contribution < 1.29 is 19.0 Å². The SMILES string of the molecule is CCCc1c(OC(C)(C)C)cc(C=CC(=O)c2ccc(OCC)cc2)cc1OC(C)(C)C. The molecule has 0 bridgehead atoms. The van der Waals surface area contributed by atoms with E-state index in [4.69, 9.17) is 14.2 Å². The van der Waals surface area contributed by atoms with Crippen LogP contribution in [0.25, 0.3) is 6.08 Å². The van der Waals surface area contributed by atoms with E-state index < -0.39 is 0 Å². The first kappa shape index (κ1) is 25.5. The molecule has 0 aromatic heterocycles. The fourth-order valence-electron chi connectivity index (χ4n) is 3.22. The molecule has 0 spiro atoms. The fraction of sp³-hybridized carbons (Fsp3) is 0.464. The second kappa shape index (κ2) is 10.7. The van der Waals surface area contributed by atoms with Gasteiger partial charge in [-0.15, -0.1) is 0 Å². The van der Waals surface area contributed by atoms with E-state index in [1.807, 2.05) is 78.8 Å². The van der Waals surface area contributed by atoms with Crippen LogP contribution in [0, 0.1) is 0 Å². The maximum atomic E-state index is 12.7. The highest BCUT2D eigenvalue weighted by molar-refractivity contribution is 6.06. The minimum atomic E-state index is -0.345. The van der Waals surface area contributed by atoms with Crippen LogP contribution in [-0.4, -0.2) is 23.6 Å². The summed E-state index contributed by atoms with van der Waals surface area (Å²) in [5.74, 6) is 2.29. The highest BCUT2D eigenvalue weighted by atomic mass is 16.5. The highest BCUT2D eigenvalue weighted by Gasteiger charge is 2.21. The molecule has 2 aromatic carbocycles. The lowest BCUT2D eigenvalue weighted by Crippen LogP contribution is -2.26. The van der Waals surface area contributed by atoms with Crippen molar-refractivity contribution in [1.29, 1.82) is 0 Å². The molecule has 0 amide bonds. The van der Waals surface area contributed by atoms with Crippen molar-refractivity contribution in [2.45, 2.75) is 79.4 Å². The number of ether oxygens (including phenoxy) is 3. The monoisotopic (exact) mass is 438 g/mol. The summed E-state index contributed by atoms with van der Waals surface area (Å²) in [4.78, 5) is 12.7. The summed E-state index contributed by atoms with van der Waals surface area (Å²) >= 11 is 0. The van der Waals surface area contributed by atoms with Crippen molar-refractivity contribution in [3.8, 4) is 17.2 Å². The number of benzene rings is 2. The molecule has 0 saturated carbocycles. The van der Waals surface area contributed by atoms with Crippen LogP contribution in [0.15, 0.2) is 42.5 Å². The molecule has 174 valence electrons. The molecule has 2 aromatic rings. The van der Waals surface area contributed by atoms with Gasteiger partial charge in [0.2, 0.25) is 0 Å². The maximum Gasteiger partial charge on any atom is 0.185 e. The molecule has 0 aliphatic rings. The van der Waals surface area contributed by atoms with E-state index in [0.717, 1.165) is 41.2 Å². The van der Waals surface area contributed by atoms with Gasteiger partial charge in [-0.3, -0.25) is 4.79 Å². The van der Waals surface area contributed by atoms with Gasteiger partial charge in [0.05, 0.1) is 6.61 Å². The van der Waals surface area contributed by atoms with Crippen LogP contribution >= 0.6 is 0 Å². The second-order valence-corrected chi connectivity index (χ2v) is 9.83. The van der Waals surface area contributed by atoms with Crippen molar-refractivity contribution in [2.75, 3.05) is 6.61 Å². The van der Waals surface area contributed by atoms with Crippen LogP contribution in [0.3, 0.4) is 0 Å². The predicted molar refractivity (Wildman–Crippen MR) is 132 cm³/mol. The van der Waals surface area contributed by atoms with Gasteiger partial charge in [-0.1, -0.05) is 19.4 Å². The molecule has 2 rings (SSSR count). The Balaban J connectivity index is 2.41. The predicted octanol–water partition coefficient (Wildman–Crippen LogP) is 7.29. The zero-order valence-corrected chi connectivity index (χ0v) is 20.9. The summed E-state index contributed by atoms with van der Waals surface area (Å²) in [5, 5.41) is 0. The Hall–Kier alpha value is -2.75. The first-order valence-corrected chi connectivity index (χ1v) is 11.4. The lowest BCUT2D eigenvalue weighted by Gasteiger charge is -2.28. The van der Waals surface area contributed by atoms with Crippen LogP contribution in [0.4, 0.5) is 0 Å². The summed E-state index contributed by atoms with van der Waals surface area (Å²) in [6.45, 7) is 16.9. The molecule has 0 aliphatic carbocycles. The normalized spacial score (nSPS) is 12.1. The highest BCUT2D eigenvalue weighted by Crippen LogP contribution is 2.36. The summed E-state index contributed by atoms with van der Waals surface area (Å²) < 4.78 is 18.0. The Morgan fingerprint density at radius 2 is 1.41 bits per heavy atom. The van der Waals surface area contributed by atoms with Crippen molar-refractivity contribution in [3.63, 3.8) is 0 Å². The number of carbonyl (C=O) groups excluding carboxylic acids is 1. The van der Waals surface area contributed by atoms with Crippen LogP contribution in [0.2, 0.25) is 0 Å². The van der Waals surface area contributed by atoms with Gasteiger partial charge in [0.15, 0.2) is 5.78 Å². The van der Waals surface area contributed by atoms with Crippen molar-refractivity contribution in [1.82, 2.24) is 0 Å². The van der Waals surface area contributed by atoms with Gasteiger partial charge in [0, 0.05) is 11.1 Å². The lowest BCUT2D eigenvalue weighted by atomic mass is 10.0. The van der Waals surface area contributed by atoms with Gasteiger partial charge in [-0.05, 0) is 103 Å². The standard InChI is InChI=1S/C28H38O4/c1-9-11-23-25(31-27(3,4)5)18-20(19-26(23)32-28(6,7)8)12-17-24(29)21-13-15-22(16-14-21)30-10-2/h12-19H,9-11H2,1-8H3. The molecule has 0 N–H and O–H groups in total. The Labute approximate surface area is 193 Å². The molecule has 0 unspecified atom stereocenters. The second-order valence-electron chi connectivity index (χ2n) is 9.83. The third kappa shape index (κ3) is 8.07. The van der Waals surface area contributed by atoms with E-state index in [-0.39, 0.29) is 17.0 Å². The third-order valence-corrected chi connectivity index (χ3v) is 4.40. The minimum absolute atomic E-state index is 0.0673. The first-order valence-electron chi connectivity index (χ1n) is 11.4. The molecule has 4 heteroatoms. The van der Waals surface area contributed by atoms with Gasteiger partial charge in [0.1, 0.15) is 28.5 Å². The van der Waals surface area contributed by atoms with Gasteiger partial charge in [-0.25, -0.2) is 0 Å². The lowest BCUT2D eigenvalue weighted by molar-refractivity contribution is 0.104. The van der Waals surface area contributed by atoms with E-state index in [1.165, 1.54) is 0 Å². The quantitative estimate of drug-likeness (QED) is 0.305. The molecule has 32 heavy (non-hydrogen) atoms. The fourth-order valence-corrected chi connectivity index (χ4v) is 3.22. The Bertz CT molecular complexity index is 888. The molecule has 0 heterocycles. The van der Waals surface area contributed by atoms with Gasteiger partial charge < -0.3 is 14.2 Å². The zero-order chi connectivity index (χ0) is 23.9. The van der Waals surface area contributed by atoms with Gasteiger partial charge in [-0.2, -0.15) is 0 Å². The number of hydrogen-bond acceptors (Lipinski definition) is 4. The van der Waals surface area contributed by atoms with Crippen LogP contribution in [0.5, 0.6) is 17.2 Å². The summed E-state index contributed by atoms with van der Waals surface area (Å²) in [7, 11) is 0. The molecule has 0 fully saturated rings. The smallest absolute Gasteiger partial charge is 0.185 e. The zero-order valence-electron chi connectivity index (χ0n) is 20.9. The topological polar surface area (TPSA) is 44.8 Å². The molecule has 4 nitrogen and oxygen atoms in total. The van der Waals surface area contributed by atoms with Crippen molar-refractivity contribution >= 4 is 11.9 Å². The molecule has 0 atom stereocenters. The van der Waals surface area contributed by atoms with Crippen LogP contribution in [-0.2, 0) is 6.42 Å². The van der Waals surface area contributed by atoms with E-state index in [0.29, 0.717) is 12.2 Å². The van der Waals surface area contributed by atoms with Gasteiger partial charge in [0.25, 0.3) is 0 Å². The van der Waals surface area contributed by atoms with Crippen LogP contribution in [0.1, 0.15) is 83.3 Å².